The van der Waals surface area contributed by atoms with Crippen LogP contribution in [0.5, 0.6) is 0 Å². The fourth-order valence-electron chi connectivity index (χ4n) is 2.13. The van der Waals surface area contributed by atoms with Crippen LogP contribution in [0.25, 0.3) is 17.4 Å². The number of aromatic nitrogens is 1. The van der Waals surface area contributed by atoms with Crippen LogP contribution in [0.2, 0.25) is 5.02 Å². The van der Waals surface area contributed by atoms with E-state index in [1.165, 1.54) is 12.1 Å². The molecule has 6 nitrogen and oxygen atoms in total. The van der Waals surface area contributed by atoms with Crippen LogP contribution in [0.4, 0.5) is 0 Å². The minimum atomic E-state index is -0.583. The smallest absolute Gasteiger partial charge is 0.291 e. The van der Waals surface area contributed by atoms with E-state index in [0.29, 0.717) is 10.8 Å². The van der Waals surface area contributed by atoms with Crippen LogP contribution in [-0.4, -0.2) is 17.0 Å². The Morgan fingerprint density at radius 1 is 1.00 bits per heavy atom. The number of carbonyl (C=O) groups is 2. The van der Waals surface area contributed by atoms with Gasteiger partial charge in [0.2, 0.25) is 0 Å². The first-order chi connectivity index (χ1) is 12.6. The summed E-state index contributed by atoms with van der Waals surface area (Å²) in [7, 11) is 0. The second-order valence-electron chi connectivity index (χ2n) is 5.27. The van der Waals surface area contributed by atoms with Gasteiger partial charge in [-0.05, 0) is 23.8 Å². The third-order valence-electron chi connectivity index (χ3n) is 3.38. The number of amides is 2. The number of benzene rings is 2. The maximum Gasteiger partial charge on any atom is 0.291 e. The average Bonchev–Trinajstić information content (AvgIpc) is 3.15. The van der Waals surface area contributed by atoms with Gasteiger partial charge in [-0.2, -0.15) is 0 Å². The van der Waals surface area contributed by atoms with Crippen LogP contribution in [0.3, 0.4) is 0 Å². The zero-order chi connectivity index (χ0) is 18.4. The van der Waals surface area contributed by atoms with Crippen molar-refractivity contribution in [2.75, 3.05) is 0 Å². The summed E-state index contributed by atoms with van der Waals surface area (Å²) in [4.78, 5) is 23.8. The number of hydrogen-bond acceptors (Lipinski definition) is 4. The van der Waals surface area contributed by atoms with E-state index in [1.807, 2.05) is 30.3 Å². The molecule has 3 rings (SSSR count). The van der Waals surface area contributed by atoms with Crippen molar-refractivity contribution in [2.24, 2.45) is 0 Å². The number of rotatable bonds is 4. The lowest BCUT2D eigenvalue weighted by atomic mass is 10.1. The van der Waals surface area contributed by atoms with Crippen LogP contribution in [-0.2, 0) is 4.79 Å². The molecular weight excluding hydrogens is 354 g/mol. The molecule has 0 bridgehead atoms. The van der Waals surface area contributed by atoms with Gasteiger partial charge in [-0.15, -0.1) is 0 Å². The second-order valence-corrected chi connectivity index (χ2v) is 5.71. The van der Waals surface area contributed by atoms with E-state index in [1.54, 1.807) is 30.3 Å². The quantitative estimate of drug-likeness (QED) is 0.546. The molecule has 0 fully saturated rings. The fourth-order valence-corrected chi connectivity index (χ4v) is 2.33. The number of carbonyl (C=O) groups excluding carboxylic acids is 2. The first-order valence-corrected chi connectivity index (χ1v) is 8.06. The van der Waals surface area contributed by atoms with Crippen LogP contribution in [0.1, 0.15) is 16.1 Å². The first-order valence-electron chi connectivity index (χ1n) is 7.68. The molecule has 1 heterocycles. The molecule has 0 saturated carbocycles. The lowest BCUT2D eigenvalue weighted by molar-refractivity contribution is -0.117. The standard InChI is InChI=1S/C19H14ClN3O3/c20-15-8-4-5-13(11-15)9-10-18(24)21-22-19(25)16-12-17(26-23-16)14-6-2-1-3-7-14/h1-12H,(H,21,24)(H,22,25)/b10-9+. The highest BCUT2D eigenvalue weighted by Gasteiger charge is 2.13. The Hall–Kier alpha value is -3.38. The normalized spacial score (nSPS) is 10.7. The van der Waals surface area contributed by atoms with Gasteiger partial charge >= 0.3 is 0 Å². The zero-order valence-electron chi connectivity index (χ0n) is 13.5. The summed E-state index contributed by atoms with van der Waals surface area (Å²) >= 11 is 5.87. The third kappa shape index (κ3) is 4.58. The van der Waals surface area contributed by atoms with E-state index in [4.69, 9.17) is 16.1 Å². The van der Waals surface area contributed by atoms with E-state index in [0.717, 1.165) is 11.1 Å². The summed E-state index contributed by atoms with van der Waals surface area (Å²) in [5, 5.41) is 4.27. The van der Waals surface area contributed by atoms with Crippen molar-refractivity contribution in [1.82, 2.24) is 16.0 Å². The molecule has 0 aliphatic rings. The molecule has 130 valence electrons. The molecule has 26 heavy (non-hydrogen) atoms. The number of hydrazine groups is 1. The van der Waals surface area contributed by atoms with Crippen LogP contribution in [0, 0.1) is 0 Å². The van der Waals surface area contributed by atoms with Crippen LogP contribution in [0.15, 0.2) is 71.3 Å². The molecule has 0 aliphatic heterocycles. The van der Waals surface area contributed by atoms with Gasteiger partial charge in [0.25, 0.3) is 11.8 Å². The molecule has 0 spiro atoms. The van der Waals surface area contributed by atoms with Gasteiger partial charge in [-0.3, -0.25) is 20.4 Å². The molecule has 0 unspecified atom stereocenters. The predicted molar refractivity (Wildman–Crippen MR) is 98.0 cm³/mol. The lowest BCUT2D eigenvalue weighted by Gasteiger charge is -2.02. The lowest BCUT2D eigenvalue weighted by Crippen LogP contribution is -2.40. The van der Waals surface area contributed by atoms with Crippen molar-refractivity contribution >= 4 is 29.5 Å². The van der Waals surface area contributed by atoms with Crippen molar-refractivity contribution in [1.29, 1.82) is 0 Å². The molecule has 2 amide bonds. The van der Waals surface area contributed by atoms with E-state index in [-0.39, 0.29) is 5.69 Å². The van der Waals surface area contributed by atoms with Crippen molar-refractivity contribution in [3.63, 3.8) is 0 Å². The summed E-state index contributed by atoms with van der Waals surface area (Å²) in [5.74, 6) is -0.617. The van der Waals surface area contributed by atoms with E-state index < -0.39 is 11.8 Å². The maximum absolute atomic E-state index is 12.0. The van der Waals surface area contributed by atoms with Crippen molar-refractivity contribution < 1.29 is 14.1 Å². The van der Waals surface area contributed by atoms with Gasteiger partial charge in [-0.1, -0.05) is 59.2 Å². The Bertz CT molecular complexity index is 951. The highest BCUT2D eigenvalue weighted by molar-refractivity contribution is 6.30. The molecule has 0 atom stereocenters. The van der Waals surface area contributed by atoms with Crippen molar-refractivity contribution in [3.8, 4) is 11.3 Å². The average molecular weight is 368 g/mol. The minimum absolute atomic E-state index is 0.0583. The van der Waals surface area contributed by atoms with Gasteiger partial charge in [0, 0.05) is 22.7 Å². The maximum atomic E-state index is 12.0. The SMILES string of the molecule is O=C(/C=C/c1cccc(Cl)c1)NNC(=O)c1cc(-c2ccccc2)on1. The van der Waals surface area contributed by atoms with Crippen molar-refractivity contribution in [2.45, 2.75) is 0 Å². The fraction of sp³-hybridized carbons (Fsp3) is 0. The van der Waals surface area contributed by atoms with Gasteiger partial charge in [0.05, 0.1) is 0 Å². The van der Waals surface area contributed by atoms with Gasteiger partial charge in [0.15, 0.2) is 11.5 Å². The molecule has 0 aliphatic carbocycles. The highest BCUT2D eigenvalue weighted by atomic mass is 35.5. The topological polar surface area (TPSA) is 84.2 Å². The Morgan fingerprint density at radius 2 is 1.81 bits per heavy atom. The summed E-state index contributed by atoms with van der Waals surface area (Å²) in [6.07, 6.45) is 2.86. The summed E-state index contributed by atoms with van der Waals surface area (Å²) in [6.45, 7) is 0. The van der Waals surface area contributed by atoms with Gasteiger partial charge in [-0.25, -0.2) is 0 Å². The Kier molecular flexibility index (Phi) is 5.46. The summed E-state index contributed by atoms with van der Waals surface area (Å²) < 4.78 is 5.15. The van der Waals surface area contributed by atoms with E-state index in [9.17, 15) is 9.59 Å². The number of nitrogens with one attached hydrogen (secondary N) is 2. The van der Waals surface area contributed by atoms with Crippen molar-refractivity contribution in [3.05, 3.63) is 83.0 Å². The Balaban J connectivity index is 1.55. The van der Waals surface area contributed by atoms with Gasteiger partial charge < -0.3 is 4.52 Å². The summed E-state index contributed by atoms with van der Waals surface area (Å²) in [5.41, 5.74) is 6.17. The first kappa shape index (κ1) is 17.4. The Labute approximate surface area is 154 Å². The summed E-state index contributed by atoms with van der Waals surface area (Å²) in [6, 6.07) is 17.8. The number of halogens is 1. The molecular formula is C19H14ClN3O3. The zero-order valence-corrected chi connectivity index (χ0v) is 14.2. The molecule has 7 heteroatoms. The van der Waals surface area contributed by atoms with E-state index in [2.05, 4.69) is 16.0 Å². The molecule has 0 radical (unpaired) electrons. The molecule has 2 aromatic carbocycles. The van der Waals surface area contributed by atoms with Crippen LogP contribution >= 0.6 is 11.6 Å². The second kappa shape index (κ2) is 8.13. The predicted octanol–water partition coefficient (Wildman–Crippen LogP) is 3.47. The molecule has 3 aromatic rings. The highest BCUT2D eigenvalue weighted by Crippen LogP contribution is 2.19. The number of hydrogen-bond donors (Lipinski definition) is 2. The largest absolute Gasteiger partial charge is 0.355 e. The molecule has 1 aromatic heterocycles. The van der Waals surface area contributed by atoms with Gasteiger partial charge in [0.1, 0.15) is 0 Å². The minimum Gasteiger partial charge on any atom is -0.355 e. The Morgan fingerprint density at radius 3 is 2.58 bits per heavy atom. The van der Waals surface area contributed by atoms with Crippen LogP contribution < -0.4 is 10.9 Å². The van der Waals surface area contributed by atoms with E-state index >= 15 is 0 Å². The molecule has 2 N–H and O–H groups in total. The monoisotopic (exact) mass is 367 g/mol. The molecule has 0 saturated heterocycles. The number of nitrogens with zero attached hydrogens (tertiary/aromatic N) is 1. The third-order valence-corrected chi connectivity index (χ3v) is 3.61.